The van der Waals surface area contributed by atoms with Gasteiger partial charge in [0.25, 0.3) is 0 Å². The Kier molecular flexibility index (Phi) is 4.81. The number of amides is 1. The van der Waals surface area contributed by atoms with Gasteiger partial charge in [-0.25, -0.2) is 4.39 Å². The maximum absolute atomic E-state index is 13.0. The lowest BCUT2D eigenvalue weighted by Crippen LogP contribution is -2.20. The normalized spacial score (nSPS) is 9.19. The zero-order valence-corrected chi connectivity index (χ0v) is 9.57. The SMILES string of the molecule is CC(=O)NCCC#Cc1cccc(F)c1Cl. The largest absolute Gasteiger partial charge is 0.355 e. The predicted octanol–water partition coefficient (Wildman–Crippen LogP) is 2.36. The Morgan fingerprint density at radius 2 is 2.31 bits per heavy atom. The average molecular weight is 240 g/mol. The molecule has 0 fully saturated rings. The van der Waals surface area contributed by atoms with Crippen molar-refractivity contribution >= 4 is 17.5 Å². The number of nitrogens with one attached hydrogen (secondary N) is 1. The lowest BCUT2D eigenvalue weighted by atomic mass is 10.2. The highest BCUT2D eigenvalue weighted by atomic mass is 35.5. The highest BCUT2D eigenvalue weighted by Gasteiger charge is 2.01. The lowest BCUT2D eigenvalue weighted by Gasteiger charge is -1.97. The number of carbonyl (C=O) groups is 1. The van der Waals surface area contributed by atoms with Crippen LogP contribution in [0, 0.1) is 17.7 Å². The van der Waals surface area contributed by atoms with Crippen molar-refractivity contribution in [2.45, 2.75) is 13.3 Å². The van der Waals surface area contributed by atoms with E-state index in [1.807, 2.05) is 0 Å². The minimum Gasteiger partial charge on any atom is -0.355 e. The summed E-state index contributed by atoms with van der Waals surface area (Å²) in [6, 6.07) is 4.49. The molecule has 0 saturated heterocycles. The Labute approximate surface area is 98.8 Å². The van der Waals surface area contributed by atoms with E-state index >= 15 is 0 Å². The second-order valence-electron chi connectivity index (χ2n) is 3.14. The minimum absolute atomic E-state index is 0.0366. The molecule has 1 aromatic carbocycles. The van der Waals surface area contributed by atoms with Crippen molar-refractivity contribution in [2.75, 3.05) is 6.54 Å². The van der Waals surface area contributed by atoms with Crippen molar-refractivity contribution in [3.05, 3.63) is 34.6 Å². The highest BCUT2D eigenvalue weighted by molar-refractivity contribution is 6.31. The number of carbonyl (C=O) groups excluding carboxylic acids is 1. The maximum atomic E-state index is 13.0. The summed E-state index contributed by atoms with van der Waals surface area (Å²) in [5.74, 6) is 4.99. The molecule has 0 unspecified atom stereocenters. The molecule has 1 rings (SSSR count). The van der Waals surface area contributed by atoms with Gasteiger partial charge in [0.2, 0.25) is 5.91 Å². The van der Waals surface area contributed by atoms with Gasteiger partial charge in [-0.2, -0.15) is 0 Å². The smallest absolute Gasteiger partial charge is 0.216 e. The van der Waals surface area contributed by atoms with Crippen LogP contribution in [-0.2, 0) is 4.79 Å². The third-order valence-electron chi connectivity index (χ3n) is 1.80. The van der Waals surface area contributed by atoms with Crippen molar-refractivity contribution in [1.29, 1.82) is 0 Å². The molecule has 0 aromatic heterocycles. The fourth-order valence-electron chi connectivity index (χ4n) is 1.06. The minimum atomic E-state index is -0.477. The standard InChI is InChI=1S/C12H11ClFNO/c1-9(16)15-8-3-2-5-10-6-4-7-11(14)12(10)13/h4,6-7H,3,8H2,1H3,(H,15,16). The van der Waals surface area contributed by atoms with Gasteiger partial charge in [0.1, 0.15) is 5.82 Å². The molecule has 0 aliphatic rings. The number of hydrogen-bond acceptors (Lipinski definition) is 1. The molecular formula is C12H11ClFNO. The molecule has 0 aliphatic heterocycles. The van der Waals surface area contributed by atoms with Crippen LogP contribution >= 0.6 is 11.6 Å². The maximum Gasteiger partial charge on any atom is 0.216 e. The van der Waals surface area contributed by atoms with Crippen molar-refractivity contribution in [3.8, 4) is 11.8 Å². The van der Waals surface area contributed by atoms with Crippen LogP contribution in [0.2, 0.25) is 5.02 Å². The van der Waals surface area contributed by atoms with Gasteiger partial charge in [-0.3, -0.25) is 4.79 Å². The van der Waals surface area contributed by atoms with Gasteiger partial charge in [-0.05, 0) is 12.1 Å². The fraction of sp³-hybridized carbons (Fsp3) is 0.250. The zero-order chi connectivity index (χ0) is 12.0. The van der Waals surface area contributed by atoms with E-state index in [4.69, 9.17) is 11.6 Å². The molecule has 0 bridgehead atoms. The fourth-order valence-corrected chi connectivity index (χ4v) is 1.23. The van der Waals surface area contributed by atoms with E-state index in [9.17, 15) is 9.18 Å². The quantitative estimate of drug-likeness (QED) is 0.623. The topological polar surface area (TPSA) is 29.1 Å². The van der Waals surface area contributed by atoms with Gasteiger partial charge in [0.05, 0.1) is 5.02 Å². The number of benzene rings is 1. The zero-order valence-electron chi connectivity index (χ0n) is 8.81. The first kappa shape index (κ1) is 12.5. The number of hydrogen-bond donors (Lipinski definition) is 1. The van der Waals surface area contributed by atoms with Crippen LogP contribution < -0.4 is 5.32 Å². The molecule has 1 aromatic rings. The molecule has 0 spiro atoms. The van der Waals surface area contributed by atoms with Crippen molar-refractivity contribution < 1.29 is 9.18 Å². The third-order valence-corrected chi connectivity index (χ3v) is 2.18. The van der Waals surface area contributed by atoms with Crippen LogP contribution in [0.3, 0.4) is 0 Å². The summed E-state index contributed by atoms with van der Waals surface area (Å²) in [4.78, 5) is 10.5. The van der Waals surface area contributed by atoms with E-state index in [2.05, 4.69) is 17.2 Å². The Bertz CT molecular complexity index is 448. The van der Waals surface area contributed by atoms with E-state index in [1.165, 1.54) is 13.0 Å². The molecule has 0 aliphatic carbocycles. The predicted molar refractivity (Wildman–Crippen MR) is 61.6 cm³/mol. The molecule has 0 atom stereocenters. The lowest BCUT2D eigenvalue weighted by molar-refractivity contribution is -0.118. The van der Waals surface area contributed by atoms with Crippen LogP contribution in [0.4, 0.5) is 4.39 Å². The Morgan fingerprint density at radius 1 is 1.56 bits per heavy atom. The molecule has 2 nitrogen and oxygen atoms in total. The van der Waals surface area contributed by atoms with Gasteiger partial charge in [-0.15, -0.1) is 0 Å². The van der Waals surface area contributed by atoms with E-state index in [1.54, 1.807) is 12.1 Å². The third kappa shape index (κ3) is 3.92. The van der Waals surface area contributed by atoms with Crippen LogP contribution in [0.15, 0.2) is 18.2 Å². The molecule has 1 N–H and O–H groups in total. The van der Waals surface area contributed by atoms with Gasteiger partial charge < -0.3 is 5.32 Å². The summed E-state index contributed by atoms with van der Waals surface area (Å²) < 4.78 is 13.0. The molecular weight excluding hydrogens is 229 g/mol. The Balaban J connectivity index is 2.56. The highest BCUT2D eigenvalue weighted by Crippen LogP contribution is 2.18. The molecule has 16 heavy (non-hydrogen) atoms. The van der Waals surface area contributed by atoms with Crippen LogP contribution in [0.5, 0.6) is 0 Å². The molecule has 0 heterocycles. The average Bonchev–Trinajstić information content (AvgIpc) is 2.23. The van der Waals surface area contributed by atoms with Crippen molar-refractivity contribution in [3.63, 3.8) is 0 Å². The van der Waals surface area contributed by atoms with Crippen molar-refractivity contribution in [2.24, 2.45) is 0 Å². The number of halogens is 2. The van der Waals surface area contributed by atoms with Crippen molar-refractivity contribution in [1.82, 2.24) is 5.32 Å². The van der Waals surface area contributed by atoms with E-state index < -0.39 is 5.82 Å². The first-order valence-electron chi connectivity index (χ1n) is 4.78. The number of rotatable bonds is 2. The molecule has 84 valence electrons. The Hall–Kier alpha value is -1.53. The summed E-state index contributed by atoms with van der Waals surface area (Å²) in [6.45, 7) is 1.92. The molecule has 0 saturated carbocycles. The van der Waals surface area contributed by atoms with Gasteiger partial charge in [-0.1, -0.05) is 29.5 Å². The summed E-state index contributed by atoms with van der Waals surface area (Å²) in [7, 11) is 0. The van der Waals surface area contributed by atoms with Crippen LogP contribution in [0.25, 0.3) is 0 Å². The van der Waals surface area contributed by atoms with E-state index in [0.717, 1.165) is 0 Å². The molecule has 4 heteroatoms. The summed E-state index contributed by atoms with van der Waals surface area (Å²) >= 11 is 5.71. The second kappa shape index (κ2) is 6.14. The first-order valence-corrected chi connectivity index (χ1v) is 5.16. The second-order valence-corrected chi connectivity index (χ2v) is 3.51. The van der Waals surface area contributed by atoms with E-state index in [-0.39, 0.29) is 10.9 Å². The van der Waals surface area contributed by atoms with Crippen LogP contribution in [-0.4, -0.2) is 12.5 Å². The van der Waals surface area contributed by atoms with Gasteiger partial charge in [0, 0.05) is 25.5 Å². The summed E-state index contributed by atoms with van der Waals surface area (Å²) in [6.07, 6.45) is 0.506. The van der Waals surface area contributed by atoms with E-state index in [0.29, 0.717) is 18.5 Å². The molecule has 0 radical (unpaired) electrons. The van der Waals surface area contributed by atoms with Gasteiger partial charge >= 0.3 is 0 Å². The summed E-state index contributed by atoms with van der Waals surface area (Å²) in [5.41, 5.74) is 0.462. The van der Waals surface area contributed by atoms with Crippen LogP contribution in [0.1, 0.15) is 18.9 Å². The monoisotopic (exact) mass is 239 g/mol. The summed E-state index contributed by atoms with van der Waals surface area (Å²) in [5, 5.41) is 2.65. The molecule has 1 amide bonds. The van der Waals surface area contributed by atoms with Gasteiger partial charge in [0.15, 0.2) is 0 Å². The first-order chi connectivity index (χ1) is 7.61. The Morgan fingerprint density at radius 3 is 3.00 bits per heavy atom.